The lowest BCUT2D eigenvalue weighted by molar-refractivity contribution is -0.146. The maximum atomic E-state index is 11.3. The molecule has 0 fully saturated rings. The van der Waals surface area contributed by atoms with E-state index in [0.717, 1.165) is 0 Å². The van der Waals surface area contributed by atoms with Gasteiger partial charge in [-0.05, 0) is 12.0 Å². The van der Waals surface area contributed by atoms with Gasteiger partial charge in [-0.2, -0.15) is 0 Å². The van der Waals surface area contributed by atoms with Crippen LogP contribution < -0.4 is 9.47 Å². The highest BCUT2D eigenvalue weighted by molar-refractivity contribution is 6.07. The summed E-state index contributed by atoms with van der Waals surface area (Å²) in [7, 11) is 0. The minimum absolute atomic E-state index is 0.00999. The highest BCUT2D eigenvalue weighted by Gasteiger charge is 2.37. The van der Waals surface area contributed by atoms with Crippen LogP contribution in [0.3, 0.4) is 0 Å². The molecule has 0 aliphatic heterocycles. The van der Waals surface area contributed by atoms with Gasteiger partial charge in [0.2, 0.25) is 0 Å². The third-order valence-corrected chi connectivity index (χ3v) is 5.44. The number of hydrogen-bond donors (Lipinski definition) is 4. The molecule has 12 heteroatoms. The average Bonchev–Trinajstić information content (AvgIpc) is 2.82. The van der Waals surface area contributed by atoms with E-state index in [1.165, 1.54) is 0 Å². The van der Waals surface area contributed by atoms with Gasteiger partial charge in [-0.15, -0.1) is 0 Å². The molecule has 0 spiro atoms. The molecule has 0 bridgehead atoms. The van der Waals surface area contributed by atoms with Gasteiger partial charge in [0.05, 0.1) is 0 Å². The van der Waals surface area contributed by atoms with Crippen LogP contribution >= 0.6 is 0 Å². The summed E-state index contributed by atoms with van der Waals surface area (Å²) in [6.07, 6.45) is 2.53. The number of carboxylic acids is 4. The van der Waals surface area contributed by atoms with E-state index in [1.807, 2.05) is 0 Å². The van der Waals surface area contributed by atoms with E-state index in [-0.39, 0.29) is 23.7 Å². The molecule has 0 aromatic heterocycles. The third kappa shape index (κ3) is 4.66. The molecule has 36 heavy (non-hydrogen) atoms. The van der Waals surface area contributed by atoms with Gasteiger partial charge >= 0.3 is 23.9 Å². The standard InChI is InChI=1S/C24H20O12/c25-15(26)7-33-21-11-3-1-4-12-19(11)20-13(23(21)35-9-17(29)30)5-2-6-14(20)24(36-10-18(31)32)22(12)34-8-16(27)28/h1-5,21H,6-10H2,(H,25,26)(H,27,28)(H,29,30)(H,31,32). The summed E-state index contributed by atoms with van der Waals surface area (Å²) in [5, 5.41) is 37.7. The molecule has 2 aliphatic rings. The molecule has 0 heterocycles. The van der Waals surface area contributed by atoms with E-state index >= 15 is 0 Å². The van der Waals surface area contributed by atoms with Gasteiger partial charge in [-0.25, -0.2) is 19.2 Å². The molecule has 1 atom stereocenters. The fourth-order valence-electron chi connectivity index (χ4n) is 4.32. The van der Waals surface area contributed by atoms with E-state index in [9.17, 15) is 39.6 Å². The van der Waals surface area contributed by atoms with Gasteiger partial charge < -0.3 is 39.4 Å². The molecule has 0 saturated heterocycles. The van der Waals surface area contributed by atoms with Crippen LogP contribution in [0.25, 0.3) is 16.3 Å². The summed E-state index contributed by atoms with van der Waals surface area (Å²) in [5.41, 5.74) is 1.86. The first-order chi connectivity index (χ1) is 17.2. The normalized spacial score (nSPS) is 15.5. The second-order valence-corrected chi connectivity index (χ2v) is 7.80. The van der Waals surface area contributed by atoms with Gasteiger partial charge in [-0.1, -0.05) is 30.4 Å². The Balaban J connectivity index is 2.02. The number of carboxylic acid groups (broad SMARTS) is 4. The Kier molecular flexibility index (Phi) is 6.79. The molecule has 2 aliphatic carbocycles. The average molecular weight is 500 g/mol. The second-order valence-electron chi connectivity index (χ2n) is 7.80. The van der Waals surface area contributed by atoms with Crippen molar-refractivity contribution >= 4 is 40.2 Å². The minimum Gasteiger partial charge on any atom is -0.482 e. The van der Waals surface area contributed by atoms with Crippen molar-refractivity contribution in [3.63, 3.8) is 0 Å². The fourth-order valence-corrected chi connectivity index (χ4v) is 4.32. The number of benzene rings is 2. The van der Waals surface area contributed by atoms with Crippen molar-refractivity contribution in [2.75, 3.05) is 26.4 Å². The lowest BCUT2D eigenvalue weighted by Gasteiger charge is -2.33. The van der Waals surface area contributed by atoms with Crippen LogP contribution in [-0.4, -0.2) is 70.7 Å². The molecule has 188 valence electrons. The highest BCUT2D eigenvalue weighted by Crippen LogP contribution is 2.53. The van der Waals surface area contributed by atoms with Crippen molar-refractivity contribution in [2.45, 2.75) is 12.5 Å². The maximum absolute atomic E-state index is 11.3. The van der Waals surface area contributed by atoms with Crippen LogP contribution in [0.1, 0.15) is 22.8 Å². The topological polar surface area (TPSA) is 186 Å². The monoisotopic (exact) mass is 500 g/mol. The SMILES string of the molecule is O=C(O)COC1=C2C=CCc3c(OCC(=O)O)c(OCC(=O)O)c4cccc(c4c32)C1OCC(=O)O. The Bertz CT molecular complexity index is 1340. The molecule has 4 N–H and O–H groups in total. The number of carbonyl (C=O) groups is 4. The number of ether oxygens (including phenoxy) is 4. The van der Waals surface area contributed by atoms with Gasteiger partial charge in [0.15, 0.2) is 31.3 Å². The zero-order chi connectivity index (χ0) is 26.0. The van der Waals surface area contributed by atoms with Crippen molar-refractivity contribution in [2.24, 2.45) is 0 Å². The molecule has 2 aromatic carbocycles. The lowest BCUT2D eigenvalue weighted by atomic mass is 9.79. The summed E-state index contributed by atoms with van der Waals surface area (Å²) in [4.78, 5) is 45.0. The molecule has 2 aromatic rings. The third-order valence-electron chi connectivity index (χ3n) is 5.44. The second kappa shape index (κ2) is 9.96. The Labute approximate surface area is 202 Å². The van der Waals surface area contributed by atoms with Crippen LogP contribution in [-0.2, 0) is 35.1 Å². The maximum Gasteiger partial charge on any atom is 0.341 e. The van der Waals surface area contributed by atoms with Crippen LogP contribution in [0.4, 0.5) is 0 Å². The molecule has 4 rings (SSSR count). The summed E-state index contributed by atoms with van der Waals surface area (Å²) < 4.78 is 22.3. The van der Waals surface area contributed by atoms with Crippen LogP contribution in [0, 0.1) is 0 Å². The highest BCUT2D eigenvalue weighted by atomic mass is 16.6. The van der Waals surface area contributed by atoms with Crippen LogP contribution in [0.5, 0.6) is 11.5 Å². The van der Waals surface area contributed by atoms with Crippen molar-refractivity contribution in [3.05, 3.63) is 52.8 Å². The number of rotatable bonds is 12. The number of allylic oxidation sites excluding steroid dienone is 3. The van der Waals surface area contributed by atoms with E-state index < -0.39 is 56.4 Å². The minimum atomic E-state index is -1.26. The Morgan fingerprint density at radius 2 is 1.42 bits per heavy atom. The molecule has 12 nitrogen and oxygen atoms in total. The van der Waals surface area contributed by atoms with E-state index in [0.29, 0.717) is 33.0 Å². The van der Waals surface area contributed by atoms with Gasteiger partial charge in [-0.3, -0.25) is 0 Å². The molecule has 0 radical (unpaired) electrons. The van der Waals surface area contributed by atoms with Crippen LogP contribution in [0.2, 0.25) is 0 Å². The zero-order valence-corrected chi connectivity index (χ0v) is 18.6. The Hall–Kier alpha value is -4.58. The first-order valence-corrected chi connectivity index (χ1v) is 10.6. The van der Waals surface area contributed by atoms with E-state index in [1.54, 1.807) is 30.4 Å². The Morgan fingerprint density at radius 3 is 2.06 bits per heavy atom. The predicted molar refractivity (Wildman–Crippen MR) is 120 cm³/mol. The number of aliphatic carboxylic acids is 4. The van der Waals surface area contributed by atoms with Crippen molar-refractivity contribution in [3.8, 4) is 11.5 Å². The first kappa shape index (κ1) is 24.5. The first-order valence-electron chi connectivity index (χ1n) is 10.6. The van der Waals surface area contributed by atoms with Crippen molar-refractivity contribution < 1.29 is 58.6 Å². The molecular weight excluding hydrogens is 480 g/mol. The summed E-state index contributed by atoms with van der Waals surface area (Å²) >= 11 is 0. The fraction of sp³-hybridized carbons (Fsp3) is 0.250. The quantitative estimate of drug-likeness (QED) is 0.332. The summed E-state index contributed by atoms with van der Waals surface area (Å²) in [5.74, 6) is -4.92. The van der Waals surface area contributed by atoms with Gasteiger partial charge in [0.1, 0.15) is 18.5 Å². The largest absolute Gasteiger partial charge is 0.482 e. The molecule has 0 saturated carbocycles. The molecule has 1 unspecified atom stereocenters. The van der Waals surface area contributed by atoms with Crippen molar-refractivity contribution in [1.82, 2.24) is 0 Å². The molecule has 0 amide bonds. The number of hydrogen-bond acceptors (Lipinski definition) is 8. The van der Waals surface area contributed by atoms with Crippen LogP contribution in [0.15, 0.2) is 36.1 Å². The van der Waals surface area contributed by atoms with Crippen molar-refractivity contribution in [1.29, 1.82) is 0 Å². The van der Waals surface area contributed by atoms with E-state index in [4.69, 9.17) is 18.9 Å². The summed E-state index contributed by atoms with van der Waals surface area (Å²) in [6, 6.07) is 4.86. The zero-order valence-electron chi connectivity index (χ0n) is 18.6. The predicted octanol–water partition coefficient (Wildman–Crippen LogP) is 1.85. The molecular formula is C24H20O12. The van der Waals surface area contributed by atoms with Gasteiger partial charge in [0.25, 0.3) is 0 Å². The van der Waals surface area contributed by atoms with Gasteiger partial charge in [0, 0.05) is 27.5 Å². The summed E-state index contributed by atoms with van der Waals surface area (Å²) in [6.45, 7) is -2.88. The Morgan fingerprint density at radius 1 is 0.806 bits per heavy atom. The lowest BCUT2D eigenvalue weighted by Crippen LogP contribution is -2.23. The van der Waals surface area contributed by atoms with E-state index in [2.05, 4.69) is 0 Å². The smallest absolute Gasteiger partial charge is 0.341 e.